The molecule has 0 unspecified atom stereocenters. The first-order valence-electron chi connectivity index (χ1n) is 7.89. The molecule has 0 aliphatic carbocycles. The van der Waals surface area contributed by atoms with Crippen LogP contribution in [0.3, 0.4) is 0 Å². The SMILES string of the molecule is NSc1c(C(F)(F)F)ccc(-c2ccc3c(N)nccc3c2)c1-c1nn[nH]n1. The van der Waals surface area contributed by atoms with Crippen LogP contribution in [0.4, 0.5) is 19.0 Å². The van der Waals surface area contributed by atoms with E-state index in [1.807, 2.05) is 6.07 Å². The number of pyridine rings is 1. The minimum Gasteiger partial charge on any atom is -0.383 e. The summed E-state index contributed by atoms with van der Waals surface area (Å²) in [6.45, 7) is 0. The molecule has 7 nitrogen and oxygen atoms in total. The van der Waals surface area contributed by atoms with Gasteiger partial charge in [-0.3, -0.25) is 5.14 Å². The smallest absolute Gasteiger partial charge is 0.383 e. The number of H-pyrrole nitrogens is 1. The predicted octanol–water partition coefficient (Wildman–Crippen LogP) is 3.65. The lowest BCUT2D eigenvalue weighted by molar-refractivity contribution is -0.139. The fourth-order valence-electron chi connectivity index (χ4n) is 3.03. The van der Waals surface area contributed by atoms with Gasteiger partial charge in [-0.25, -0.2) is 4.98 Å². The van der Waals surface area contributed by atoms with Gasteiger partial charge in [0, 0.05) is 22.0 Å². The topological polar surface area (TPSA) is 119 Å². The van der Waals surface area contributed by atoms with Crippen molar-refractivity contribution >= 4 is 28.5 Å². The molecule has 0 bridgehead atoms. The van der Waals surface area contributed by atoms with Gasteiger partial charge in [-0.2, -0.15) is 18.4 Å². The number of tetrazole rings is 1. The molecular weight excluding hydrogens is 391 g/mol. The van der Waals surface area contributed by atoms with Crippen LogP contribution in [0.15, 0.2) is 47.5 Å². The van der Waals surface area contributed by atoms with Gasteiger partial charge in [0.2, 0.25) is 5.82 Å². The molecule has 11 heteroatoms. The van der Waals surface area contributed by atoms with Crippen LogP contribution >= 0.6 is 11.9 Å². The van der Waals surface area contributed by atoms with Crippen molar-refractivity contribution in [2.45, 2.75) is 11.1 Å². The Labute approximate surface area is 160 Å². The van der Waals surface area contributed by atoms with Crippen LogP contribution in [0.5, 0.6) is 0 Å². The molecule has 4 aromatic rings. The van der Waals surface area contributed by atoms with Crippen LogP contribution in [-0.2, 0) is 6.18 Å². The highest BCUT2D eigenvalue weighted by atomic mass is 32.2. The normalized spacial score (nSPS) is 11.9. The van der Waals surface area contributed by atoms with E-state index in [1.165, 1.54) is 6.07 Å². The third-order valence-corrected chi connectivity index (χ3v) is 4.92. The Morgan fingerprint density at radius 2 is 1.89 bits per heavy atom. The summed E-state index contributed by atoms with van der Waals surface area (Å²) in [5.41, 5.74) is 6.30. The number of hydrogen-bond donors (Lipinski definition) is 3. The van der Waals surface area contributed by atoms with Gasteiger partial charge in [-0.15, -0.1) is 10.2 Å². The van der Waals surface area contributed by atoms with E-state index < -0.39 is 11.7 Å². The lowest BCUT2D eigenvalue weighted by atomic mass is 9.95. The molecule has 0 spiro atoms. The summed E-state index contributed by atoms with van der Waals surface area (Å²) in [7, 11) is 0. The van der Waals surface area contributed by atoms with Crippen molar-refractivity contribution < 1.29 is 13.2 Å². The first kappa shape index (κ1) is 18.2. The van der Waals surface area contributed by atoms with Crippen LogP contribution in [0, 0.1) is 0 Å². The molecule has 0 aliphatic heterocycles. The second kappa shape index (κ2) is 6.77. The highest BCUT2D eigenvalue weighted by Gasteiger charge is 2.36. The number of benzene rings is 2. The lowest BCUT2D eigenvalue weighted by Gasteiger charge is -2.17. The number of halogens is 3. The Balaban J connectivity index is 2.02. The van der Waals surface area contributed by atoms with Gasteiger partial charge in [0.1, 0.15) is 5.82 Å². The summed E-state index contributed by atoms with van der Waals surface area (Å²) >= 11 is 0.490. The maximum Gasteiger partial charge on any atom is 0.417 e. The van der Waals surface area contributed by atoms with E-state index >= 15 is 0 Å². The van der Waals surface area contributed by atoms with Gasteiger partial charge >= 0.3 is 6.18 Å². The number of nitrogens with one attached hydrogen (secondary N) is 1. The van der Waals surface area contributed by atoms with Crippen molar-refractivity contribution in [1.29, 1.82) is 0 Å². The van der Waals surface area contributed by atoms with E-state index in [1.54, 1.807) is 24.4 Å². The Hall–Kier alpha value is -3.18. The van der Waals surface area contributed by atoms with Crippen LogP contribution in [0.25, 0.3) is 33.3 Å². The predicted molar refractivity (Wildman–Crippen MR) is 99.8 cm³/mol. The lowest BCUT2D eigenvalue weighted by Crippen LogP contribution is -2.09. The zero-order valence-electron chi connectivity index (χ0n) is 14.0. The van der Waals surface area contributed by atoms with Crippen molar-refractivity contribution in [3.05, 3.63) is 48.2 Å². The number of alkyl halides is 3. The number of aromatic amines is 1. The number of fused-ring (bicyclic) bond motifs is 1. The molecule has 2 heterocycles. The molecule has 142 valence electrons. The third-order valence-electron chi connectivity index (χ3n) is 4.26. The van der Waals surface area contributed by atoms with Gasteiger partial charge in [0.05, 0.1) is 5.56 Å². The van der Waals surface area contributed by atoms with E-state index in [2.05, 4.69) is 25.6 Å². The number of hydrogen-bond acceptors (Lipinski definition) is 7. The largest absolute Gasteiger partial charge is 0.417 e. The van der Waals surface area contributed by atoms with Crippen molar-refractivity contribution in [3.63, 3.8) is 0 Å². The van der Waals surface area contributed by atoms with Crippen molar-refractivity contribution in [3.8, 4) is 22.5 Å². The van der Waals surface area contributed by atoms with Gasteiger partial charge in [-0.05, 0) is 51.9 Å². The Kier molecular flexibility index (Phi) is 4.40. The number of nitrogen functional groups attached to an aromatic ring is 1. The standard InChI is InChI=1S/C17H12F3N7S/c18-17(19,20)12-4-3-10(13(14(12)28-22)16-24-26-27-25-16)8-1-2-11-9(7-8)5-6-23-15(11)21/h1-7H,22H2,(H2,21,23)(H,24,25,26,27). The second-order valence-corrected chi connectivity index (χ2v) is 6.49. The molecule has 0 aliphatic rings. The first-order chi connectivity index (χ1) is 13.4. The zero-order valence-corrected chi connectivity index (χ0v) is 14.8. The van der Waals surface area contributed by atoms with Gasteiger partial charge in [-0.1, -0.05) is 18.2 Å². The Morgan fingerprint density at radius 1 is 1.07 bits per heavy atom. The Morgan fingerprint density at radius 3 is 2.57 bits per heavy atom. The summed E-state index contributed by atoms with van der Waals surface area (Å²) in [4.78, 5) is 3.85. The fraction of sp³-hybridized carbons (Fsp3) is 0.0588. The van der Waals surface area contributed by atoms with Gasteiger partial charge in [0.15, 0.2) is 0 Å². The molecule has 0 saturated heterocycles. The maximum absolute atomic E-state index is 13.5. The molecule has 0 amide bonds. The molecule has 0 fully saturated rings. The van der Waals surface area contributed by atoms with Crippen molar-refractivity contribution in [2.75, 3.05) is 5.73 Å². The van der Waals surface area contributed by atoms with Crippen molar-refractivity contribution in [2.24, 2.45) is 5.14 Å². The minimum atomic E-state index is -4.58. The average molecular weight is 403 g/mol. The van der Waals surface area contributed by atoms with Gasteiger partial charge < -0.3 is 5.73 Å². The van der Waals surface area contributed by atoms with E-state index in [0.29, 0.717) is 28.9 Å². The number of rotatable bonds is 3. The molecular formula is C17H12F3N7S. The van der Waals surface area contributed by atoms with E-state index in [0.717, 1.165) is 16.8 Å². The van der Waals surface area contributed by atoms with E-state index in [-0.39, 0.29) is 16.3 Å². The summed E-state index contributed by atoms with van der Waals surface area (Å²) < 4.78 is 40.5. The molecule has 4 rings (SSSR count). The number of nitrogens with zero attached hydrogens (tertiary/aromatic N) is 4. The molecule has 0 saturated carbocycles. The first-order valence-corrected chi connectivity index (χ1v) is 8.77. The van der Waals surface area contributed by atoms with Crippen LogP contribution < -0.4 is 10.9 Å². The number of anilines is 1. The van der Waals surface area contributed by atoms with Gasteiger partial charge in [0.25, 0.3) is 0 Å². The number of aromatic nitrogens is 5. The summed E-state index contributed by atoms with van der Waals surface area (Å²) in [6, 6.07) is 9.47. The zero-order chi connectivity index (χ0) is 19.9. The van der Waals surface area contributed by atoms with Crippen molar-refractivity contribution in [1.82, 2.24) is 25.6 Å². The highest BCUT2D eigenvalue weighted by Crippen LogP contribution is 2.44. The second-order valence-electron chi connectivity index (χ2n) is 5.85. The minimum absolute atomic E-state index is 0.0170. The van der Waals surface area contributed by atoms with Crippen LogP contribution in [0.1, 0.15) is 5.56 Å². The molecule has 28 heavy (non-hydrogen) atoms. The average Bonchev–Trinajstić information content (AvgIpc) is 3.20. The van der Waals surface area contributed by atoms with Crippen LogP contribution in [0.2, 0.25) is 0 Å². The maximum atomic E-state index is 13.5. The number of nitrogens with two attached hydrogens (primary N) is 2. The highest BCUT2D eigenvalue weighted by molar-refractivity contribution is 7.97. The van der Waals surface area contributed by atoms with Crippen LogP contribution in [-0.4, -0.2) is 25.6 Å². The van der Waals surface area contributed by atoms with E-state index in [9.17, 15) is 13.2 Å². The molecule has 5 N–H and O–H groups in total. The summed E-state index contributed by atoms with van der Waals surface area (Å²) in [5.74, 6) is 0.386. The summed E-state index contributed by atoms with van der Waals surface area (Å²) in [5, 5.41) is 20.6. The summed E-state index contributed by atoms with van der Waals surface area (Å²) in [6.07, 6.45) is -3.02. The quantitative estimate of drug-likeness (QED) is 0.447. The fourth-order valence-corrected chi connectivity index (χ4v) is 3.66. The Bertz CT molecular complexity index is 1160. The van der Waals surface area contributed by atoms with E-state index in [4.69, 9.17) is 10.9 Å². The third kappa shape index (κ3) is 3.04. The molecule has 0 radical (unpaired) electrons. The molecule has 0 atom stereocenters. The molecule has 2 aromatic carbocycles. The molecule has 2 aromatic heterocycles. The monoisotopic (exact) mass is 403 g/mol.